The number of halogens is 1. The number of nitrogens with one attached hydrogen (secondary N) is 1. The third kappa shape index (κ3) is 6.09. The number of aryl methyl sites for hydroxylation is 1. The summed E-state index contributed by atoms with van der Waals surface area (Å²) in [6, 6.07) is 21.2. The lowest BCUT2D eigenvalue weighted by molar-refractivity contribution is -0.122. The van der Waals surface area contributed by atoms with E-state index in [1.54, 1.807) is 67.6 Å². The zero-order chi connectivity index (χ0) is 31.4. The zero-order valence-electron chi connectivity index (χ0n) is 24.4. The molecule has 1 atom stereocenters. The maximum absolute atomic E-state index is 14.0. The average Bonchev–Trinajstić information content (AvgIpc) is 3.44. The van der Waals surface area contributed by atoms with Crippen molar-refractivity contribution in [3.63, 3.8) is 0 Å². The molecule has 0 aliphatic carbocycles. The molecule has 0 fully saturated rings. The van der Waals surface area contributed by atoms with Gasteiger partial charge in [0.05, 0.1) is 36.9 Å². The Labute approximate surface area is 255 Å². The lowest BCUT2D eigenvalue weighted by Gasteiger charge is -2.26. The molecule has 0 bridgehead atoms. The van der Waals surface area contributed by atoms with Crippen LogP contribution in [0.15, 0.2) is 89.8 Å². The molecule has 228 valence electrons. The molecule has 1 aliphatic rings. The third-order valence-corrected chi connectivity index (χ3v) is 9.21. The van der Waals surface area contributed by atoms with Crippen LogP contribution in [-0.2, 0) is 26.0 Å². The molecule has 0 aromatic heterocycles. The number of esters is 1. The van der Waals surface area contributed by atoms with Crippen LogP contribution in [0.3, 0.4) is 0 Å². The van der Waals surface area contributed by atoms with Crippen LogP contribution in [-0.4, -0.2) is 53.7 Å². The number of ether oxygens (including phenoxy) is 3. The molecule has 4 aromatic carbocycles. The smallest absolute Gasteiger partial charge is 0.337 e. The Kier molecular flexibility index (Phi) is 8.86. The van der Waals surface area contributed by atoms with Crippen LogP contribution in [0.5, 0.6) is 11.5 Å². The van der Waals surface area contributed by atoms with Gasteiger partial charge in [-0.15, -0.1) is 0 Å². The maximum atomic E-state index is 14.0. The number of sulfonamides is 1. The quantitative estimate of drug-likeness (QED) is 0.199. The molecule has 0 spiro atoms. The van der Waals surface area contributed by atoms with Crippen LogP contribution >= 0.6 is 0 Å². The Balaban J connectivity index is 1.31. The highest BCUT2D eigenvalue weighted by atomic mass is 32.2. The molecule has 0 radical (unpaired) electrons. The van der Waals surface area contributed by atoms with Crippen LogP contribution in [0.25, 0.3) is 11.1 Å². The maximum Gasteiger partial charge on any atom is 0.337 e. The van der Waals surface area contributed by atoms with E-state index < -0.39 is 33.8 Å². The van der Waals surface area contributed by atoms with Gasteiger partial charge >= 0.3 is 5.97 Å². The fourth-order valence-corrected chi connectivity index (χ4v) is 6.84. The number of methoxy groups -OCH3 is 2. The lowest BCUT2D eigenvalue weighted by atomic mass is 10.0. The average molecular weight is 619 g/mol. The predicted molar refractivity (Wildman–Crippen MR) is 163 cm³/mol. The highest BCUT2D eigenvalue weighted by Gasteiger charge is 2.42. The van der Waals surface area contributed by atoms with Gasteiger partial charge in [0, 0.05) is 18.1 Å². The van der Waals surface area contributed by atoms with Crippen LogP contribution < -0.4 is 19.1 Å². The molecule has 0 saturated heterocycles. The minimum Gasteiger partial charge on any atom is -0.496 e. The summed E-state index contributed by atoms with van der Waals surface area (Å²) in [6.45, 7) is 2.05. The number of carbonyl (C=O) groups excluding carboxylic acids is 2. The van der Waals surface area contributed by atoms with Crippen LogP contribution in [0.4, 0.5) is 10.1 Å². The van der Waals surface area contributed by atoms with E-state index in [0.29, 0.717) is 33.9 Å². The van der Waals surface area contributed by atoms with Gasteiger partial charge < -0.3 is 19.5 Å². The fraction of sp³-hybridized carbons (Fsp3) is 0.212. The van der Waals surface area contributed by atoms with Gasteiger partial charge in [0.2, 0.25) is 5.91 Å². The van der Waals surface area contributed by atoms with Crippen molar-refractivity contribution >= 4 is 27.6 Å². The first-order valence-electron chi connectivity index (χ1n) is 13.8. The summed E-state index contributed by atoms with van der Waals surface area (Å²) < 4.78 is 58.7. The summed E-state index contributed by atoms with van der Waals surface area (Å²) in [4.78, 5) is 25.1. The Morgan fingerprint density at radius 3 is 2.41 bits per heavy atom. The first kappa shape index (κ1) is 30.6. The normalized spacial score (nSPS) is 14.1. The molecule has 4 aromatic rings. The predicted octanol–water partition coefficient (Wildman–Crippen LogP) is 4.91. The van der Waals surface area contributed by atoms with Crippen molar-refractivity contribution in [1.29, 1.82) is 0 Å². The van der Waals surface area contributed by atoms with Crippen molar-refractivity contribution < 1.29 is 36.6 Å². The number of anilines is 1. The van der Waals surface area contributed by atoms with E-state index in [9.17, 15) is 22.4 Å². The molecule has 11 heteroatoms. The summed E-state index contributed by atoms with van der Waals surface area (Å²) >= 11 is 0. The Bertz CT molecular complexity index is 1810. The first-order chi connectivity index (χ1) is 21.1. The van der Waals surface area contributed by atoms with Crippen molar-refractivity contribution in [2.24, 2.45) is 0 Å². The molecule has 9 nitrogen and oxygen atoms in total. The minimum atomic E-state index is -4.15. The van der Waals surface area contributed by atoms with Gasteiger partial charge in [-0.05, 0) is 72.1 Å². The van der Waals surface area contributed by atoms with E-state index >= 15 is 0 Å². The monoisotopic (exact) mass is 618 g/mol. The number of amides is 1. The Morgan fingerprint density at radius 2 is 1.70 bits per heavy atom. The summed E-state index contributed by atoms with van der Waals surface area (Å²) in [5, 5.41) is 2.80. The molecule has 5 rings (SSSR count). The standard InChI is InChI=1S/C33H31FN2O7S/c1-21-18-24(33(38)42-3)10-15-30(21)43-17-16-35-32(37)29-19-23-6-4-5-7-28(23)36(29)44(39,40)26-12-8-22(9-13-26)27-14-11-25(34)20-31(27)41-2/h4-15,18,20,29H,16-17,19H2,1-3H3,(H,35,37)/t29-/m0/s1. The van der Waals surface area contributed by atoms with E-state index in [0.717, 1.165) is 11.1 Å². The number of para-hydroxylation sites is 1. The molecule has 0 saturated carbocycles. The number of nitrogens with zero attached hydrogens (tertiary/aromatic N) is 1. The SMILES string of the molecule is COC(=O)c1ccc(OCCNC(=O)[C@@H]2Cc3ccccc3N2S(=O)(=O)c2ccc(-c3ccc(F)cc3OC)cc2)c(C)c1. The van der Waals surface area contributed by atoms with E-state index in [4.69, 9.17) is 14.2 Å². The molecule has 44 heavy (non-hydrogen) atoms. The summed E-state index contributed by atoms with van der Waals surface area (Å²) in [7, 11) is -1.40. The van der Waals surface area contributed by atoms with Gasteiger partial charge in [0.25, 0.3) is 10.0 Å². The number of fused-ring (bicyclic) bond motifs is 1. The topological polar surface area (TPSA) is 111 Å². The highest BCUT2D eigenvalue weighted by Crippen LogP contribution is 2.38. The van der Waals surface area contributed by atoms with Crippen LogP contribution in [0.2, 0.25) is 0 Å². The molecule has 1 aliphatic heterocycles. The largest absolute Gasteiger partial charge is 0.496 e. The van der Waals surface area contributed by atoms with Gasteiger partial charge in [-0.25, -0.2) is 17.6 Å². The zero-order valence-corrected chi connectivity index (χ0v) is 25.2. The van der Waals surface area contributed by atoms with Crippen LogP contribution in [0, 0.1) is 12.7 Å². The van der Waals surface area contributed by atoms with Crippen molar-refractivity contribution in [2.45, 2.75) is 24.3 Å². The molecule has 0 unspecified atom stereocenters. The minimum absolute atomic E-state index is 0.00559. The number of hydrogen-bond acceptors (Lipinski definition) is 7. The summed E-state index contributed by atoms with van der Waals surface area (Å²) in [5.41, 5.74) is 3.56. The Hall–Kier alpha value is -4.90. The fourth-order valence-electron chi connectivity index (χ4n) is 5.19. The van der Waals surface area contributed by atoms with Crippen molar-refractivity contribution in [3.8, 4) is 22.6 Å². The summed E-state index contributed by atoms with van der Waals surface area (Å²) in [6.07, 6.45) is 0.209. The number of hydrogen-bond donors (Lipinski definition) is 1. The van der Waals surface area contributed by atoms with E-state index in [2.05, 4.69) is 5.32 Å². The number of carbonyl (C=O) groups is 2. The molecule has 1 amide bonds. The molecule has 1 heterocycles. The van der Waals surface area contributed by atoms with Crippen LogP contribution in [0.1, 0.15) is 21.5 Å². The van der Waals surface area contributed by atoms with E-state index in [1.165, 1.54) is 42.8 Å². The lowest BCUT2D eigenvalue weighted by Crippen LogP contribution is -2.48. The van der Waals surface area contributed by atoms with Gasteiger partial charge in [0.15, 0.2) is 0 Å². The molecule has 1 N–H and O–H groups in total. The number of rotatable bonds is 10. The number of benzene rings is 4. The highest BCUT2D eigenvalue weighted by molar-refractivity contribution is 7.93. The van der Waals surface area contributed by atoms with Crippen molar-refractivity contribution in [3.05, 3.63) is 107 Å². The second-order valence-corrected chi connectivity index (χ2v) is 11.9. The van der Waals surface area contributed by atoms with E-state index in [1.807, 2.05) is 0 Å². The van der Waals surface area contributed by atoms with E-state index in [-0.39, 0.29) is 24.5 Å². The third-order valence-electron chi connectivity index (χ3n) is 7.37. The van der Waals surface area contributed by atoms with Gasteiger partial charge in [0.1, 0.15) is 30.0 Å². The van der Waals surface area contributed by atoms with Gasteiger partial charge in [-0.1, -0.05) is 30.3 Å². The van der Waals surface area contributed by atoms with Crippen molar-refractivity contribution in [1.82, 2.24) is 5.32 Å². The van der Waals surface area contributed by atoms with Crippen molar-refractivity contribution in [2.75, 3.05) is 31.7 Å². The van der Waals surface area contributed by atoms with Gasteiger partial charge in [-0.3, -0.25) is 9.10 Å². The summed E-state index contributed by atoms with van der Waals surface area (Å²) in [5.74, 6) is -0.487. The second kappa shape index (κ2) is 12.8. The Morgan fingerprint density at radius 1 is 0.955 bits per heavy atom. The molecular formula is C33H31FN2O7S. The van der Waals surface area contributed by atoms with Gasteiger partial charge in [-0.2, -0.15) is 0 Å². The second-order valence-electron chi connectivity index (χ2n) is 10.1. The molecular weight excluding hydrogens is 587 g/mol. The first-order valence-corrected chi connectivity index (χ1v) is 15.2.